The van der Waals surface area contributed by atoms with E-state index >= 15 is 0 Å². The van der Waals surface area contributed by atoms with Crippen LogP contribution in [0.15, 0.2) is 65.9 Å². The molecule has 0 aromatic heterocycles. The zero-order valence-corrected chi connectivity index (χ0v) is 9.50. The van der Waals surface area contributed by atoms with Gasteiger partial charge in [-0.1, -0.05) is 24.3 Å². The second-order valence-corrected chi connectivity index (χ2v) is 3.85. The summed E-state index contributed by atoms with van der Waals surface area (Å²) in [4.78, 5) is 11.6. The summed E-state index contributed by atoms with van der Waals surface area (Å²) in [6.45, 7) is 1.86. The molecule has 1 aliphatic rings. The van der Waals surface area contributed by atoms with Gasteiger partial charge in [-0.2, -0.15) is 0 Å². The lowest BCUT2D eigenvalue weighted by atomic mass is 10.0. The van der Waals surface area contributed by atoms with Crippen molar-refractivity contribution in [2.45, 2.75) is 6.92 Å². The van der Waals surface area contributed by atoms with Crippen LogP contribution in [-0.4, -0.2) is 11.0 Å². The van der Waals surface area contributed by atoms with Crippen LogP contribution in [0.5, 0.6) is 0 Å². The molecule has 1 N–H and O–H groups in total. The Morgan fingerprint density at radius 2 is 1.88 bits per heavy atom. The van der Waals surface area contributed by atoms with E-state index in [4.69, 9.17) is 0 Å². The van der Waals surface area contributed by atoms with Crippen molar-refractivity contribution in [2.75, 3.05) is 5.06 Å². The van der Waals surface area contributed by atoms with Crippen LogP contribution in [0.4, 0.5) is 5.69 Å². The van der Waals surface area contributed by atoms with E-state index in [-0.39, 0.29) is 5.78 Å². The number of benzene rings is 1. The maximum Gasteiger partial charge on any atom is 0.187 e. The Labute approximate surface area is 99.9 Å². The monoisotopic (exact) mass is 227 g/mol. The van der Waals surface area contributed by atoms with Crippen LogP contribution in [0.25, 0.3) is 0 Å². The topological polar surface area (TPSA) is 40.5 Å². The number of anilines is 1. The first-order valence-electron chi connectivity index (χ1n) is 5.32. The summed E-state index contributed by atoms with van der Waals surface area (Å²) in [5, 5.41) is 10.8. The number of rotatable bonds is 2. The minimum Gasteiger partial charge on any atom is -0.289 e. The molecule has 0 amide bonds. The number of nitrogens with zero attached hydrogens (tertiary/aromatic N) is 1. The predicted octanol–water partition coefficient (Wildman–Crippen LogP) is 2.85. The second kappa shape index (κ2) is 4.80. The van der Waals surface area contributed by atoms with E-state index in [1.165, 1.54) is 6.20 Å². The van der Waals surface area contributed by atoms with Crippen LogP contribution >= 0.6 is 0 Å². The lowest BCUT2D eigenvalue weighted by molar-refractivity contribution is -0.111. The molecule has 0 atom stereocenters. The quantitative estimate of drug-likeness (QED) is 0.624. The van der Waals surface area contributed by atoms with Crippen LogP contribution in [-0.2, 0) is 4.79 Å². The lowest BCUT2D eigenvalue weighted by Crippen LogP contribution is -2.13. The van der Waals surface area contributed by atoms with Crippen LogP contribution in [0.2, 0.25) is 0 Å². The summed E-state index contributed by atoms with van der Waals surface area (Å²) in [6, 6.07) is 9.02. The van der Waals surface area contributed by atoms with Gasteiger partial charge in [-0.15, -0.1) is 0 Å². The fourth-order valence-electron chi connectivity index (χ4n) is 1.54. The number of hydroxylamine groups is 1. The Bertz CT molecular complexity index is 512. The van der Waals surface area contributed by atoms with Gasteiger partial charge in [0.15, 0.2) is 5.78 Å². The van der Waals surface area contributed by atoms with Gasteiger partial charge in [0.25, 0.3) is 0 Å². The smallest absolute Gasteiger partial charge is 0.187 e. The fourth-order valence-corrected chi connectivity index (χ4v) is 1.54. The van der Waals surface area contributed by atoms with Crippen molar-refractivity contribution >= 4 is 11.5 Å². The van der Waals surface area contributed by atoms with Crippen molar-refractivity contribution in [1.82, 2.24) is 0 Å². The second-order valence-electron chi connectivity index (χ2n) is 3.85. The van der Waals surface area contributed by atoms with E-state index in [0.29, 0.717) is 11.3 Å². The van der Waals surface area contributed by atoms with Crippen LogP contribution < -0.4 is 5.06 Å². The first-order chi connectivity index (χ1) is 8.16. The van der Waals surface area contributed by atoms with Crippen LogP contribution in [0, 0.1) is 0 Å². The molecule has 0 aliphatic heterocycles. The van der Waals surface area contributed by atoms with Gasteiger partial charge in [-0.25, -0.2) is 5.06 Å². The average molecular weight is 227 g/mol. The molecule has 0 fully saturated rings. The van der Waals surface area contributed by atoms with Crippen molar-refractivity contribution < 1.29 is 10.0 Å². The molecule has 0 heterocycles. The number of carbonyl (C=O) groups excluding carboxylic acids is 1. The average Bonchev–Trinajstić information content (AvgIpc) is 2.34. The molecule has 86 valence electrons. The number of para-hydroxylation sites is 1. The Balaban J connectivity index is 2.21. The summed E-state index contributed by atoms with van der Waals surface area (Å²) >= 11 is 0. The van der Waals surface area contributed by atoms with Gasteiger partial charge in [0, 0.05) is 11.8 Å². The molecule has 3 nitrogen and oxygen atoms in total. The van der Waals surface area contributed by atoms with E-state index in [9.17, 15) is 10.0 Å². The number of hydrogen-bond acceptors (Lipinski definition) is 3. The van der Waals surface area contributed by atoms with E-state index in [1.807, 2.05) is 31.2 Å². The largest absolute Gasteiger partial charge is 0.289 e. The SMILES string of the molecule is CC1=CC(=O)/C(=C/N(O)c2ccccc2)C=C1. The fraction of sp³-hybridized carbons (Fsp3) is 0.0714. The van der Waals surface area contributed by atoms with Gasteiger partial charge >= 0.3 is 0 Å². The molecule has 3 heteroatoms. The van der Waals surface area contributed by atoms with Crippen molar-refractivity contribution in [3.63, 3.8) is 0 Å². The molecule has 0 saturated carbocycles. The number of hydrogen-bond donors (Lipinski definition) is 1. The van der Waals surface area contributed by atoms with Crippen molar-refractivity contribution in [3.05, 3.63) is 65.9 Å². The highest BCUT2D eigenvalue weighted by molar-refractivity contribution is 6.08. The summed E-state index contributed by atoms with van der Waals surface area (Å²) in [5.74, 6) is -0.0972. The molecule has 0 bridgehead atoms. The first kappa shape index (κ1) is 11.4. The van der Waals surface area contributed by atoms with E-state index < -0.39 is 0 Å². The van der Waals surface area contributed by atoms with Crippen molar-refractivity contribution in [1.29, 1.82) is 0 Å². The van der Waals surface area contributed by atoms with E-state index in [2.05, 4.69) is 0 Å². The Hall–Kier alpha value is -2.13. The molecule has 17 heavy (non-hydrogen) atoms. The van der Waals surface area contributed by atoms with Crippen LogP contribution in [0.1, 0.15) is 6.92 Å². The van der Waals surface area contributed by atoms with Gasteiger partial charge < -0.3 is 0 Å². The maximum absolute atomic E-state index is 11.6. The standard InChI is InChI=1S/C14H13NO2/c1-11-7-8-12(14(16)9-11)10-15(17)13-5-3-2-4-6-13/h2-10,17H,1H3/b12-10+. The molecule has 0 spiro atoms. The maximum atomic E-state index is 11.6. The first-order valence-corrected chi connectivity index (χ1v) is 5.32. The lowest BCUT2D eigenvalue weighted by Gasteiger charge is -2.13. The van der Waals surface area contributed by atoms with Gasteiger partial charge in [0.1, 0.15) is 0 Å². The van der Waals surface area contributed by atoms with Crippen LogP contribution in [0.3, 0.4) is 0 Å². The van der Waals surface area contributed by atoms with Gasteiger partial charge in [-0.05, 0) is 36.8 Å². The molecule has 0 saturated heterocycles. The number of ketones is 1. The van der Waals surface area contributed by atoms with Crippen molar-refractivity contribution in [2.24, 2.45) is 0 Å². The molecular formula is C14H13NO2. The Morgan fingerprint density at radius 3 is 2.53 bits per heavy atom. The minimum atomic E-state index is -0.0972. The Kier molecular flexibility index (Phi) is 3.21. The summed E-state index contributed by atoms with van der Waals surface area (Å²) in [5.41, 5.74) is 1.99. The van der Waals surface area contributed by atoms with E-state index in [0.717, 1.165) is 10.6 Å². The zero-order valence-electron chi connectivity index (χ0n) is 9.50. The molecule has 0 unspecified atom stereocenters. The molecular weight excluding hydrogens is 214 g/mol. The van der Waals surface area contributed by atoms with Gasteiger partial charge in [0.2, 0.25) is 0 Å². The third-order valence-corrected chi connectivity index (χ3v) is 2.45. The highest BCUT2D eigenvalue weighted by Gasteiger charge is 2.10. The summed E-state index contributed by atoms with van der Waals surface area (Å²) in [6.07, 6.45) is 6.50. The molecule has 1 aromatic rings. The van der Waals surface area contributed by atoms with E-state index in [1.54, 1.807) is 24.3 Å². The van der Waals surface area contributed by atoms with Crippen molar-refractivity contribution in [3.8, 4) is 0 Å². The Morgan fingerprint density at radius 1 is 1.18 bits per heavy atom. The normalized spacial score (nSPS) is 17.2. The third kappa shape index (κ3) is 2.71. The zero-order chi connectivity index (χ0) is 12.3. The highest BCUT2D eigenvalue weighted by Crippen LogP contribution is 2.16. The van der Waals surface area contributed by atoms with Gasteiger partial charge in [-0.3, -0.25) is 10.0 Å². The third-order valence-electron chi connectivity index (χ3n) is 2.45. The molecule has 1 aliphatic carbocycles. The van der Waals surface area contributed by atoms with Gasteiger partial charge in [0.05, 0.1) is 5.69 Å². The minimum absolute atomic E-state index is 0.0972. The molecule has 0 radical (unpaired) electrons. The predicted molar refractivity (Wildman–Crippen MR) is 66.7 cm³/mol. The number of allylic oxidation sites excluding steroid dienone is 5. The molecule has 2 rings (SSSR count). The number of carbonyl (C=O) groups is 1. The summed E-state index contributed by atoms with van der Waals surface area (Å²) in [7, 11) is 0. The highest BCUT2D eigenvalue weighted by atomic mass is 16.5. The summed E-state index contributed by atoms with van der Waals surface area (Å²) < 4.78 is 0. The molecule has 1 aromatic carbocycles.